The van der Waals surface area contributed by atoms with Gasteiger partial charge in [-0.3, -0.25) is 9.59 Å². The molecule has 0 spiro atoms. The lowest BCUT2D eigenvalue weighted by Gasteiger charge is -2.35. The highest BCUT2D eigenvalue weighted by molar-refractivity contribution is 5.81. The van der Waals surface area contributed by atoms with Crippen LogP contribution in [0.5, 0.6) is 0 Å². The van der Waals surface area contributed by atoms with Crippen molar-refractivity contribution >= 4 is 11.9 Å². The number of likely N-dealkylation sites (tertiary alicyclic amines) is 1. The lowest BCUT2D eigenvalue weighted by molar-refractivity contribution is -0.153. The monoisotopic (exact) mass is 383 g/mol. The number of rotatable bonds is 6. The minimum Gasteiger partial charge on any atom is -0.455 e. The van der Waals surface area contributed by atoms with E-state index in [0.29, 0.717) is 0 Å². The van der Waals surface area contributed by atoms with Gasteiger partial charge in [-0.05, 0) is 51.7 Å². The summed E-state index contributed by atoms with van der Waals surface area (Å²) in [7, 11) is 0. The average Bonchev–Trinajstić information content (AvgIpc) is 3.00. The van der Waals surface area contributed by atoms with E-state index in [1.807, 2.05) is 53.8 Å². The number of ether oxygens (including phenoxy) is 1. The Balaban J connectivity index is 1.61. The van der Waals surface area contributed by atoms with Gasteiger partial charge < -0.3 is 9.64 Å². The van der Waals surface area contributed by atoms with Crippen LogP contribution in [0.25, 0.3) is 5.69 Å². The third-order valence-electron chi connectivity index (χ3n) is 5.54. The van der Waals surface area contributed by atoms with Gasteiger partial charge in [-0.2, -0.15) is 5.10 Å². The Morgan fingerprint density at radius 3 is 2.64 bits per heavy atom. The molecule has 0 saturated carbocycles. The number of aryl methyl sites for hydroxylation is 1. The summed E-state index contributed by atoms with van der Waals surface area (Å²) in [6.45, 7) is 6.51. The van der Waals surface area contributed by atoms with Gasteiger partial charge in [0.2, 0.25) is 0 Å². The molecule has 1 fully saturated rings. The van der Waals surface area contributed by atoms with Crippen LogP contribution in [0.2, 0.25) is 0 Å². The summed E-state index contributed by atoms with van der Waals surface area (Å²) in [5.74, 6) is -0.481. The van der Waals surface area contributed by atoms with Gasteiger partial charge in [-0.15, -0.1) is 0 Å². The Hall–Kier alpha value is -2.63. The summed E-state index contributed by atoms with van der Waals surface area (Å²) in [6, 6.07) is 10.1. The summed E-state index contributed by atoms with van der Waals surface area (Å²) < 4.78 is 7.15. The lowest BCUT2D eigenvalue weighted by atomic mass is 10.00. The van der Waals surface area contributed by atoms with Gasteiger partial charge in [-0.1, -0.05) is 25.1 Å². The van der Waals surface area contributed by atoms with Crippen LogP contribution in [0, 0.1) is 13.8 Å². The van der Waals surface area contributed by atoms with Gasteiger partial charge in [0, 0.05) is 23.8 Å². The maximum Gasteiger partial charge on any atom is 0.310 e. The topological polar surface area (TPSA) is 64.4 Å². The third kappa shape index (κ3) is 4.43. The van der Waals surface area contributed by atoms with Crippen molar-refractivity contribution in [3.05, 3.63) is 47.3 Å². The molecule has 0 unspecified atom stereocenters. The smallest absolute Gasteiger partial charge is 0.310 e. The van der Waals surface area contributed by atoms with E-state index in [0.717, 1.165) is 54.9 Å². The van der Waals surface area contributed by atoms with E-state index < -0.39 is 5.97 Å². The summed E-state index contributed by atoms with van der Waals surface area (Å²) in [5.41, 5.74) is 3.51. The van der Waals surface area contributed by atoms with Crippen molar-refractivity contribution in [2.24, 2.45) is 0 Å². The molecule has 3 rings (SSSR count). The van der Waals surface area contributed by atoms with Crippen LogP contribution in [0.4, 0.5) is 0 Å². The number of hydrogen-bond donors (Lipinski definition) is 0. The molecule has 2 aromatic rings. The molecule has 1 amide bonds. The first kappa shape index (κ1) is 20.1. The van der Waals surface area contributed by atoms with Crippen molar-refractivity contribution < 1.29 is 14.3 Å². The van der Waals surface area contributed by atoms with Crippen molar-refractivity contribution in [3.8, 4) is 5.69 Å². The van der Waals surface area contributed by atoms with E-state index in [1.54, 1.807) is 0 Å². The van der Waals surface area contributed by atoms with Crippen molar-refractivity contribution in [1.29, 1.82) is 0 Å². The number of carbonyl (C=O) groups excluding carboxylic acids is 2. The van der Waals surface area contributed by atoms with Crippen molar-refractivity contribution in [2.45, 2.75) is 58.9 Å². The van der Waals surface area contributed by atoms with Crippen LogP contribution in [0.3, 0.4) is 0 Å². The molecule has 28 heavy (non-hydrogen) atoms. The average molecular weight is 383 g/mol. The van der Waals surface area contributed by atoms with E-state index in [4.69, 9.17) is 4.74 Å². The maximum absolute atomic E-state index is 12.5. The number of para-hydroxylation sites is 1. The number of nitrogens with zero attached hydrogens (tertiary/aromatic N) is 3. The van der Waals surface area contributed by atoms with Gasteiger partial charge in [0.1, 0.15) is 0 Å². The molecule has 0 radical (unpaired) electrons. The molecule has 6 nitrogen and oxygen atoms in total. The fourth-order valence-electron chi connectivity index (χ4n) is 3.93. The zero-order chi connectivity index (χ0) is 20.1. The molecule has 2 heterocycles. The van der Waals surface area contributed by atoms with Crippen LogP contribution >= 0.6 is 0 Å². The second kappa shape index (κ2) is 9.04. The fraction of sp³-hybridized carbons (Fsp3) is 0.500. The molecule has 6 heteroatoms. The number of aromatic nitrogens is 2. The minimum atomic E-state index is -0.391. The summed E-state index contributed by atoms with van der Waals surface area (Å²) in [5, 5.41) is 4.56. The Bertz CT molecular complexity index is 829. The van der Waals surface area contributed by atoms with Gasteiger partial charge in [0.15, 0.2) is 6.61 Å². The molecule has 1 saturated heterocycles. The summed E-state index contributed by atoms with van der Waals surface area (Å²) in [6.07, 6.45) is 4.28. The molecule has 1 aromatic heterocycles. The Kier molecular flexibility index (Phi) is 6.49. The highest BCUT2D eigenvalue weighted by Gasteiger charge is 2.26. The van der Waals surface area contributed by atoms with Gasteiger partial charge in [-0.25, -0.2) is 4.68 Å². The van der Waals surface area contributed by atoms with Crippen molar-refractivity contribution in [1.82, 2.24) is 14.7 Å². The predicted molar refractivity (Wildman–Crippen MR) is 107 cm³/mol. The highest BCUT2D eigenvalue weighted by atomic mass is 16.5. The molecule has 1 aliphatic rings. The molecule has 1 aliphatic heterocycles. The first-order valence-corrected chi connectivity index (χ1v) is 10.1. The Morgan fingerprint density at radius 2 is 1.93 bits per heavy atom. The van der Waals surface area contributed by atoms with Crippen LogP contribution in [0.15, 0.2) is 30.3 Å². The number of amides is 1. The maximum atomic E-state index is 12.5. The van der Waals surface area contributed by atoms with E-state index >= 15 is 0 Å². The molecule has 150 valence electrons. The zero-order valence-corrected chi connectivity index (χ0v) is 17.0. The lowest BCUT2D eigenvalue weighted by Crippen LogP contribution is -2.45. The number of esters is 1. The van der Waals surface area contributed by atoms with Gasteiger partial charge in [0.05, 0.1) is 17.8 Å². The molecule has 0 bridgehead atoms. The molecule has 1 aromatic carbocycles. The molecule has 0 aliphatic carbocycles. The Morgan fingerprint density at radius 1 is 1.18 bits per heavy atom. The first-order chi connectivity index (χ1) is 13.5. The standard InChI is InChI=1S/C22H29N3O3/c1-4-18-10-8-9-13-24(18)21(26)15-28-22(27)14-20-16(2)23-25(17(20)3)19-11-6-5-7-12-19/h5-7,11-12,18H,4,8-10,13-15H2,1-3H3/t18-/m0/s1. The molecular weight excluding hydrogens is 354 g/mol. The minimum absolute atomic E-state index is 0.0895. The van der Waals surface area contributed by atoms with E-state index in [9.17, 15) is 9.59 Å². The number of carbonyl (C=O) groups is 2. The van der Waals surface area contributed by atoms with Crippen molar-refractivity contribution in [2.75, 3.05) is 13.2 Å². The van der Waals surface area contributed by atoms with Crippen LogP contribution in [0.1, 0.15) is 49.6 Å². The van der Waals surface area contributed by atoms with Crippen LogP contribution in [-0.2, 0) is 20.7 Å². The normalized spacial score (nSPS) is 16.8. The third-order valence-corrected chi connectivity index (χ3v) is 5.54. The zero-order valence-electron chi connectivity index (χ0n) is 17.0. The van der Waals surface area contributed by atoms with E-state index in [2.05, 4.69) is 12.0 Å². The van der Waals surface area contributed by atoms with Gasteiger partial charge >= 0.3 is 5.97 Å². The van der Waals surface area contributed by atoms with E-state index in [1.165, 1.54) is 0 Å². The van der Waals surface area contributed by atoms with E-state index in [-0.39, 0.29) is 25.0 Å². The molecule has 1 atom stereocenters. The molecule has 0 N–H and O–H groups in total. The van der Waals surface area contributed by atoms with Crippen LogP contribution in [-0.4, -0.2) is 45.8 Å². The number of hydrogen-bond acceptors (Lipinski definition) is 4. The fourth-order valence-corrected chi connectivity index (χ4v) is 3.93. The largest absolute Gasteiger partial charge is 0.455 e. The van der Waals surface area contributed by atoms with Crippen molar-refractivity contribution in [3.63, 3.8) is 0 Å². The van der Waals surface area contributed by atoms with Gasteiger partial charge in [0.25, 0.3) is 5.91 Å². The second-order valence-corrected chi connectivity index (χ2v) is 7.38. The molecular formula is C22H29N3O3. The highest BCUT2D eigenvalue weighted by Crippen LogP contribution is 2.20. The number of benzene rings is 1. The summed E-state index contributed by atoms with van der Waals surface area (Å²) >= 11 is 0. The SMILES string of the molecule is CC[C@H]1CCCCN1C(=O)COC(=O)Cc1c(C)nn(-c2ccccc2)c1C. The van der Waals surface area contributed by atoms with Crippen LogP contribution < -0.4 is 0 Å². The Labute approximate surface area is 166 Å². The second-order valence-electron chi connectivity index (χ2n) is 7.38. The summed E-state index contributed by atoms with van der Waals surface area (Å²) in [4.78, 5) is 26.7. The predicted octanol–water partition coefficient (Wildman–Crippen LogP) is 3.37. The quantitative estimate of drug-likeness (QED) is 0.718. The number of piperidine rings is 1. The first-order valence-electron chi connectivity index (χ1n) is 10.1.